The number of hydrogen-bond acceptors (Lipinski definition) is 4. The van der Waals surface area contributed by atoms with Gasteiger partial charge in [0.1, 0.15) is 11.6 Å². The third-order valence-electron chi connectivity index (χ3n) is 2.50. The van der Waals surface area contributed by atoms with Crippen molar-refractivity contribution in [2.45, 2.75) is 13.3 Å². The molecular formula is C13H13ClFN3O2. The highest BCUT2D eigenvalue weighted by Gasteiger charge is 2.06. The van der Waals surface area contributed by atoms with Crippen LogP contribution in [0, 0.1) is 12.7 Å². The van der Waals surface area contributed by atoms with Crippen molar-refractivity contribution in [3.8, 4) is 0 Å². The van der Waals surface area contributed by atoms with Crippen LogP contribution < -0.4 is 10.6 Å². The Bertz CT molecular complexity index is 615. The molecule has 0 spiro atoms. The number of nitrogens with zero attached hydrogens (tertiary/aromatic N) is 1. The lowest BCUT2D eigenvalue weighted by atomic mass is 10.3. The molecule has 0 unspecified atom stereocenters. The highest BCUT2D eigenvalue weighted by Crippen LogP contribution is 2.19. The van der Waals surface area contributed by atoms with Gasteiger partial charge in [0.05, 0.1) is 5.02 Å². The Labute approximate surface area is 120 Å². The van der Waals surface area contributed by atoms with E-state index in [0.717, 1.165) is 0 Å². The van der Waals surface area contributed by atoms with E-state index in [1.807, 2.05) is 0 Å². The molecule has 2 N–H and O–H groups in total. The molecule has 0 aliphatic carbocycles. The summed E-state index contributed by atoms with van der Waals surface area (Å²) < 4.78 is 17.8. The predicted octanol–water partition coefficient (Wildman–Crippen LogP) is 3.22. The lowest BCUT2D eigenvalue weighted by Gasteiger charge is -2.06. The van der Waals surface area contributed by atoms with Crippen LogP contribution in [0.3, 0.4) is 0 Å². The van der Waals surface area contributed by atoms with E-state index in [1.165, 1.54) is 12.1 Å². The van der Waals surface area contributed by atoms with Crippen LogP contribution in [0.2, 0.25) is 5.02 Å². The first-order chi connectivity index (χ1) is 9.54. The van der Waals surface area contributed by atoms with Crippen molar-refractivity contribution < 1.29 is 13.7 Å². The molecule has 0 aliphatic rings. The Balaban J connectivity index is 1.77. The highest BCUT2D eigenvalue weighted by molar-refractivity contribution is 6.31. The average Bonchev–Trinajstić information content (AvgIpc) is 2.79. The van der Waals surface area contributed by atoms with Gasteiger partial charge in [0, 0.05) is 24.7 Å². The molecule has 20 heavy (non-hydrogen) atoms. The first kappa shape index (κ1) is 14.3. The lowest BCUT2D eigenvalue weighted by molar-refractivity contribution is -0.116. The number of aromatic nitrogens is 1. The van der Waals surface area contributed by atoms with Gasteiger partial charge in [-0.15, -0.1) is 0 Å². The number of amides is 1. The van der Waals surface area contributed by atoms with Crippen molar-refractivity contribution in [3.63, 3.8) is 0 Å². The number of benzene rings is 1. The molecule has 5 nitrogen and oxygen atoms in total. The van der Waals surface area contributed by atoms with E-state index in [9.17, 15) is 9.18 Å². The number of carbonyl (C=O) groups excluding carboxylic acids is 1. The van der Waals surface area contributed by atoms with Gasteiger partial charge in [0.25, 0.3) is 0 Å². The molecule has 0 atom stereocenters. The zero-order valence-corrected chi connectivity index (χ0v) is 11.5. The fraction of sp³-hybridized carbons (Fsp3) is 0.231. The largest absolute Gasteiger partial charge is 0.384 e. The molecular weight excluding hydrogens is 285 g/mol. The molecule has 1 aromatic heterocycles. The predicted molar refractivity (Wildman–Crippen MR) is 74.4 cm³/mol. The van der Waals surface area contributed by atoms with E-state index in [0.29, 0.717) is 23.8 Å². The second-order valence-electron chi connectivity index (χ2n) is 4.18. The Morgan fingerprint density at radius 3 is 2.90 bits per heavy atom. The molecule has 0 bridgehead atoms. The van der Waals surface area contributed by atoms with Gasteiger partial charge in [-0.1, -0.05) is 16.8 Å². The molecule has 1 amide bonds. The topological polar surface area (TPSA) is 67.2 Å². The summed E-state index contributed by atoms with van der Waals surface area (Å²) in [6.45, 7) is 2.13. The summed E-state index contributed by atoms with van der Waals surface area (Å²) in [5.74, 6) is 0.340. The van der Waals surface area contributed by atoms with Gasteiger partial charge in [-0.05, 0) is 25.1 Å². The van der Waals surface area contributed by atoms with E-state index in [2.05, 4.69) is 15.8 Å². The molecule has 1 aromatic carbocycles. The molecule has 2 rings (SSSR count). The second-order valence-corrected chi connectivity index (χ2v) is 4.58. The number of anilines is 2. The van der Waals surface area contributed by atoms with Gasteiger partial charge in [0.2, 0.25) is 5.91 Å². The highest BCUT2D eigenvalue weighted by atomic mass is 35.5. The van der Waals surface area contributed by atoms with E-state index < -0.39 is 5.82 Å². The molecule has 0 saturated carbocycles. The maximum atomic E-state index is 13.0. The number of rotatable bonds is 5. The minimum atomic E-state index is -0.476. The van der Waals surface area contributed by atoms with Gasteiger partial charge in [-0.3, -0.25) is 4.79 Å². The number of aryl methyl sites for hydroxylation is 1. The van der Waals surface area contributed by atoms with Gasteiger partial charge >= 0.3 is 0 Å². The minimum Gasteiger partial charge on any atom is -0.384 e. The Hall–Kier alpha value is -2.08. The van der Waals surface area contributed by atoms with Crippen molar-refractivity contribution in [3.05, 3.63) is 40.9 Å². The van der Waals surface area contributed by atoms with Crippen molar-refractivity contribution in [2.24, 2.45) is 0 Å². The average molecular weight is 298 g/mol. The molecule has 0 saturated heterocycles. The van der Waals surface area contributed by atoms with Crippen LogP contribution in [0.5, 0.6) is 0 Å². The Morgan fingerprint density at radius 1 is 1.45 bits per heavy atom. The van der Waals surface area contributed by atoms with Crippen molar-refractivity contribution in [2.75, 3.05) is 17.2 Å². The summed E-state index contributed by atoms with van der Waals surface area (Å²) in [4.78, 5) is 11.6. The quantitative estimate of drug-likeness (QED) is 0.889. The van der Waals surface area contributed by atoms with Gasteiger partial charge < -0.3 is 15.2 Å². The molecule has 2 aromatic rings. The smallest absolute Gasteiger partial charge is 0.227 e. The Morgan fingerprint density at radius 2 is 2.25 bits per heavy atom. The van der Waals surface area contributed by atoms with Crippen molar-refractivity contribution in [1.29, 1.82) is 0 Å². The van der Waals surface area contributed by atoms with Crippen LogP contribution in [0.4, 0.5) is 15.9 Å². The third kappa shape index (κ3) is 3.96. The summed E-state index contributed by atoms with van der Waals surface area (Å²) in [5, 5.41) is 9.27. The molecule has 7 heteroatoms. The third-order valence-corrected chi connectivity index (χ3v) is 2.79. The minimum absolute atomic E-state index is 0.0394. The summed E-state index contributed by atoms with van der Waals surface area (Å²) in [6, 6.07) is 5.92. The first-order valence-corrected chi connectivity index (χ1v) is 6.34. The number of carbonyl (C=O) groups is 1. The maximum absolute atomic E-state index is 13.0. The monoisotopic (exact) mass is 297 g/mol. The van der Waals surface area contributed by atoms with Crippen LogP contribution in [-0.2, 0) is 4.79 Å². The zero-order chi connectivity index (χ0) is 14.5. The number of halogens is 2. The normalized spacial score (nSPS) is 10.3. The van der Waals surface area contributed by atoms with Crippen LogP contribution in [-0.4, -0.2) is 17.6 Å². The SMILES string of the molecule is Cc1cc(NC(=O)CCNc2ccc(F)c(Cl)c2)no1. The van der Waals surface area contributed by atoms with Crippen molar-refractivity contribution >= 4 is 29.0 Å². The maximum Gasteiger partial charge on any atom is 0.227 e. The fourth-order valence-electron chi connectivity index (χ4n) is 1.56. The van der Waals surface area contributed by atoms with Gasteiger partial charge in [0.15, 0.2) is 5.82 Å². The number of nitrogens with one attached hydrogen (secondary N) is 2. The van der Waals surface area contributed by atoms with Gasteiger partial charge in [-0.25, -0.2) is 4.39 Å². The second kappa shape index (κ2) is 6.38. The lowest BCUT2D eigenvalue weighted by Crippen LogP contribution is -2.16. The summed E-state index contributed by atoms with van der Waals surface area (Å²) in [7, 11) is 0. The Kier molecular flexibility index (Phi) is 4.57. The molecule has 0 fully saturated rings. The number of hydrogen-bond donors (Lipinski definition) is 2. The molecule has 0 aliphatic heterocycles. The van der Waals surface area contributed by atoms with E-state index in [1.54, 1.807) is 19.1 Å². The van der Waals surface area contributed by atoms with Crippen LogP contribution >= 0.6 is 11.6 Å². The zero-order valence-electron chi connectivity index (χ0n) is 10.7. The van der Waals surface area contributed by atoms with Crippen molar-refractivity contribution in [1.82, 2.24) is 5.16 Å². The van der Waals surface area contributed by atoms with E-state index in [4.69, 9.17) is 16.1 Å². The molecule has 1 heterocycles. The first-order valence-electron chi connectivity index (χ1n) is 5.96. The summed E-state index contributed by atoms with van der Waals surface area (Å²) in [5.41, 5.74) is 0.654. The van der Waals surface area contributed by atoms with Gasteiger partial charge in [-0.2, -0.15) is 0 Å². The summed E-state index contributed by atoms with van der Waals surface area (Å²) in [6.07, 6.45) is 0.237. The van der Waals surface area contributed by atoms with Crippen LogP contribution in [0.1, 0.15) is 12.2 Å². The van der Waals surface area contributed by atoms with Crippen LogP contribution in [0.15, 0.2) is 28.8 Å². The van der Waals surface area contributed by atoms with Crippen LogP contribution in [0.25, 0.3) is 0 Å². The molecule has 0 radical (unpaired) electrons. The molecule has 106 valence electrons. The standard InChI is InChI=1S/C13H13ClFN3O2/c1-8-6-12(18-20-8)17-13(19)4-5-16-9-2-3-11(15)10(14)7-9/h2-3,6-7,16H,4-5H2,1H3,(H,17,18,19). The van der Waals surface area contributed by atoms with E-state index >= 15 is 0 Å². The fourth-order valence-corrected chi connectivity index (χ4v) is 1.74. The van der Waals surface area contributed by atoms with E-state index in [-0.39, 0.29) is 17.4 Å². The summed E-state index contributed by atoms with van der Waals surface area (Å²) >= 11 is 5.65.